The van der Waals surface area contributed by atoms with E-state index >= 15 is 0 Å². The second kappa shape index (κ2) is 6.44. The lowest BCUT2D eigenvalue weighted by Gasteiger charge is -2.16. The lowest BCUT2D eigenvalue weighted by molar-refractivity contribution is 0.0943. The molecule has 0 fully saturated rings. The van der Waals surface area contributed by atoms with Crippen molar-refractivity contribution in [3.63, 3.8) is 0 Å². The van der Waals surface area contributed by atoms with Crippen LogP contribution >= 0.6 is 0 Å². The van der Waals surface area contributed by atoms with Crippen LogP contribution in [0, 0.1) is 13.8 Å². The van der Waals surface area contributed by atoms with E-state index in [4.69, 9.17) is 0 Å². The molecule has 1 aromatic heterocycles. The fourth-order valence-electron chi connectivity index (χ4n) is 2.11. The van der Waals surface area contributed by atoms with E-state index in [0.29, 0.717) is 6.54 Å². The van der Waals surface area contributed by atoms with Gasteiger partial charge in [0.1, 0.15) is 0 Å². The lowest BCUT2D eigenvalue weighted by Crippen LogP contribution is -2.25. The summed E-state index contributed by atoms with van der Waals surface area (Å²) in [6.07, 6.45) is 3.58. The average molecular weight is 268 g/mol. The largest absolute Gasteiger partial charge is 0.295 e. The summed E-state index contributed by atoms with van der Waals surface area (Å²) in [5.41, 5.74) is 4.27. The molecule has 0 N–H and O–H groups in total. The van der Waals surface area contributed by atoms with Crippen molar-refractivity contribution < 1.29 is 4.79 Å². The van der Waals surface area contributed by atoms with Crippen LogP contribution in [0.25, 0.3) is 0 Å². The van der Waals surface area contributed by atoms with E-state index in [-0.39, 0.29) is 5.78 Å². The number of hydrogen-bond donors (Lipinski definition) is 0. The number of carbonyl (C=O) groups is 1. The first-order valence-corrected chi connectivity index (χ1v) is 6.74. The second-order valence-electron chi connectivity index (χ2n) is 5.26. The minimum atomic E-state index is 0.152. The third-order valence-corrected chi connectivity index (χ3v) is 3.42. The zero-order chi connectivity index (χ0) is 14.5. The highest BCUT2D eigenvalue weighted by atomic mass is 16.1. The third kappa shape index (κ3) is 3.75. The van der Waals surface area contributed by atoms with E-state index in [1.165, 1.54) is 5.56 Å². The third-order valence-electron chi connectivity index (χ3n) is 3.42. The Balaban J connectivity index is 1.98. The van der Waals surface area contributed by atoms with Crippen LogP contribution in [-0.2, 0) is 6.54 Å². The number of ketones is 1. The topological polar surface area (TPSA) is 33.2 Å². The number of benzene rings is 1. The average Bonchev–Trinajstić information content (AvgIpc) is 2.42. The number of rotatable bonds is 5. The Morgan fingerprint density at radius 2 is 2.00 bits per heavy atom. The quantitative estimate of drug-likeness (QED) is 0.782. The summed E-state index contributed by atoms with van der Waals surface area (Å²) < 4.78 is 0. The van der Waals surface area contributed by atoms with Crippen molar-refractivity contribution in [3.05, 3.63) is 65.0 Å². The molecule has 0 saturated heterocycles. The highest BCUT2D eigenvalue weighted by Gasteiger charge is 2.10. The van der Waals surface area contributed by atoms with Crippen LogP contribution in [0.15, 0.2) is 42.7 Å². The molecule has 1 heterocycles. The van der Waals surface area contributed by atoms with Crippen LogP contribution in [0.3, 0.4) is 0 Å². The molecular weight excluding hydrogens is 248 g/mol. The molecule has 104 valence electrons. The first-order valence-electron chi connectivity index (χ1n) is 6.74. The van der Waals surface area contributed by atoms with Gasteiger partial charge in [-0.3, -0.25) is 14.7 Å². The zero-order valence-electron chi connectivity index (χ0n) is 12.3. The number of Topliss-reactive ketones (excluding diaryl/α,β-unsaturated/α-hetero) is 1. The Bertz CT molecular complexity index is 593. The molecule has 20 heavy (non-hydrogen) atoms. The molecule has 0 amide bonds. The molecule has 0 aliphatic heterocycles. The Morgan fingerprint density at radius 1 is 1.20 bits per heavy atom. The van der Waals surface area contributed by atoms with Crippen molar-refractivity contribution in [2.45, 2.75) is 20.4 Å². The lowest BCUT2D eigenvalue weighted by atomic mass is 10.0. The van der Waals surface area contributed by atoms with Crippen molar-refractivity contribution in [2.24, 2.45) is 0 Å². The number of carbonyl (C=O) groups excluding carboxylic acids is 1. The van der Waals surface area contributed by atoms with Crippen LogP contribution in [0.4, 0.5) is 0 Å². The molecule has 3 heteroatoms. The van der Waals surface area contributed by atoms with Gasteiger partial charge in [0.05, 0.1) is 6.54 Å². The van der Waals surface area contributed by atoms with Crippen LogP contribution in [0.5, 0.6) is 0 Å². The normalized spacial score (nSPS) is 10.8. The summed E-state index contributed by atoms with van der Waals surface area (Å²) in [6, 6.07) is 9.81. The molecule has 0 saturated carbocycles. The molecular formula is C17H20N2O. The smallest absolute Gasteiger partial charge is 0.176 e. The first kappa shape index (κ1) is 14.4. The molecule has 1 aromatic carbocycles. The molecule has 0 bridgehead atoms. The number of nitrogens with zero attached hydrogens (tertiary/aromatic N) is 2. The molecule has 0 radical (unpaired) electrons. The molecule has 0 atom stereocenters. The van der Waals surface area contributed by atoms with Gasteiger partial charge in [-0.25, -0.2) is 0 Å². The van der Waals surface area contributed by atoms with Gasteiger partial charge in [0.2, 0.25) is 0 Å². The minimum Gasteiger partial charge on any atom is -0.295 e. The predicted octanol–water partition coefficient (Wildman–Crippen LogP) is 3.01. The zero-order valence-corrected chi connectivity index (χ0v) is 12.3. The van der Waals surface area contributed by atoms with Crippen molar-refractivity contribution in [3.8, 4) is 0 Å². The van der Waals surface area contributed by atoms with Gasteiger partial charge >= 0.3 is 0 Å². The van der Waals surface area contributed by atoms with Crippen LogP contribution < -0.4 is 0 Å². The molecule has 0 unspecified atom stereocenters. The Kier molecular flexibility index (Phi) is 4.64. The molecule has 2 aromatic rings. The van der Waals surface area contributed by atoms with Crippen molar-refractivity contribution in [2.75, 3.05) is 13.6 Å². The Hall–Kier alpha value is -2.00. The summed E-state index contributed by atoms with van der Waals surface area (Å²) in [5.74, 6) is 0.152. The van der Waals surface area contributed by atoms with Gasteiger partial charge < -0.3 is 0 Å². The van der Waals surface area contributed by atoms with Gasteiger partial charge in [-0.2, -0.15) is 0 Å². The second-order valence-corrected chi connectivity index (χ2v) is 5.26. The van der Waals surface area contributed by atoms with Crippen molar-refractivity contribution >= 4 is 5.78 Å². The maximum Gasteiger partial charge on any atom is 0.176 e. The van der Waals surface area contributed by atoms with Gasteiger partial charge in [-0.15, -0.1) is 0 Å². The SMILES string of the molecule is Cc1ccc(C(=O)CN(C)Cc2cccnc2)cc1C. The van der Waals surface area contributed by atoms with E-state index in [0.717, 1.165) is 23.2 Å². The minimum absolute atomic E-state index is 0.152. The monoisotopic (exact) mass is 268 g/mol. The molecule has 2 rings (SSSR count). The van der Waals surface area contributed by atoms with E-state index in [2.05, 4.69) is 11.9 Å². The highest BCUT2D eigenvalue weighted by molar-refractivity contribution is 5.97. The maximum absolute atomic E-state index is 12.3. The van der Waals surface area contributed by atoms with Crippen molar-refractivity contribution in [1.29, 1.82) is 0 Å². The highest BCUT2D eigenvalue weighted by Crippen LogP contribution is 2.11. The van der Waals surface area contributed by atoms with Crippen LogP contribution in [0.2, 0.25) is 0 Å². The number of pyridine rings is 1. The summed E-state index contributed by atoms with van der Waals surface area (Å²) in [6.45, 7) is 5.23. The summed E-state index contributed by atoms with van der Waals surface area (Å²) in [7, 11) is 1.95. The van der Waals surface area contributed by atoms with Gasteiger partial charge in [-0.1, -0.05) is 18.2 Å². The predicted molar refractivity (Wildman–Crippen MR) is 80.8 cm³/mol. The van der Waals surface area contributed by atoms with Gasteiger partial charge in [0.25, 0.3) is 0 Å². The van der Waals surface area contributed by atoms with E-state index in [9.17, 15) is 4.79 Å². The molecule has 0 aliphatic rings. The van der Waals surface area contributed by atoms with Gasteiger partial charge in [-0.05, 0) is 49.7 Å². The van der Waals surface area contributed by atoms with E-state index in [1.54, 1.807) is 6.20 Å². The van der Waals surface area contributed by atoms with Crippen LogP contribution in [-0.4, -0.2) is 29.3 Å². The first-order chi connectivity index (χ1) is 9.56. The number of aromatic nitrogens is 1. The van der Waals surface area contributed by atoms with Crippen molar-refractivity contribution in [1.82, 2.24) is 9.88 Å². The summed E-state index contributed by atoms with van der Waals surface area (Å²) in [4.78, 5) is 18.3. The standard InChI is InChI=1S/C17H20N2O/c1-13-6-7-16(9-14(13)2)17(20)12-19(3)11-15-5-4-8-18-10-15/h4-10H,11-12H2,1-3H3. The fourth-order valence-corrected chi connectivity index (χ4v) is 2.11. The molecule has 3 nitrogen and oxygen atoms in total. The van der Waals surface area contributed by atoms with Crippen LogP contribution in [0.1, 0.15) is 27.0 Å². The summed E-state index contributed by atoms with van der Waals surface area (Å²) >= 11 is 0. The molecule has 0 aliphatic carbocycles. The Morgan fingerprint density at radius 3 is 2.65 bits per heavy atom. The van der Waals surface area contributed by atoms with Gasteiger partial charge in [0.15, 0.2) is 5.78 Å². The van der Waals surface area contributed by atoms with Gasteiger partial charge in [0, 0.05) is 24.5 Å². The number of aryl methyl sites for hydroxylation is 2. The molecule has 0 spiro atoms. The summed E-state index contributed by atoms with van der Waals surface area (Å²) in [5, 5.41) is 0. The maximum atomic E-state index is 12.3. The number of likely N-dealkylation sites (N-methyl/N-ethyl adjacent to an activating group) is 1. The fraction of sp³-hybridized carbons (Fsp3) is 0.294. The Labute approximate surface area is 120 Å². The van der Waals surface area contributed by atoms with E-state index in [1.807, 2.05) is 55.4 Å². The number of hydrogen-bond acceptors (Lipinski definition) is 3. The van der Waals surface area contributed by atoms with E-state index < -0.39 is 0 Å².